The van der Waals surface area contributed by atoms with Crippen LogP contribution in [0.4, 0.5) is 5.69 Å². The Balaban J connectivity index is 0.00000451. The molecule has 6 rings (SSSR count). The summed E-state index contributed by atoms with van der Waals surface area (Å²) >= 11 is 1.53. The topological polar surface area (TPSA) is 72.5 Å². The number of benzene rings is 6. The third-order valence-corrected chi connectivity index (χ3v) is 9.33. The van der Waals surface area contributed by atoms with E-state index in [1.165, 1.54) is 38.9 Å². The van der Waals surface area contributed by atoms with Crippen molar-refractivity contribution in [2.45, 2.75) is 32.5 Å². The van der Waals surface area contributed by atoms with Crippen molar-refractivity contribution in [2.24, 2.45) is 0 Å². The number of carbonyl (C=O) groups is 2. The minimum absolute atomic E-state index is 0. The summed E-state index contributed by atoms with van der Waals surface area (Å²) in [6, 6.07) is 42.5. The van der Waals surface area contributed by atoms with Crippen molar-refractivity contribution in [3.05, 3.63) is 150 Å². The van der Waals surface area contributed by atoms with E-state index in [9.17, 15) is 14.7 Å². The Morgan fingerprint density at radius 3 is 2.02 bits per heavy atom. The van der Waals surface area contributed by atoms with Gasteiger partial charge in [-0.15, -0.1) is 0 Å². The summed E-state index contributed by atoms with van der Waals surface area (Å²) in [4.78, 5) is 27.9. The van der Waals surface area contributed by atoms with Gasteiger partial charge in [-0.25, -0.2) is 0 Å². The minimum Gasteiger partial charge on any atom is -0.548 e. The van der Waals surface area contributed by atoms with Crippen molar-refractivity contribution >= 4 is 50.9 Å². The third-order valence-electron chi connectivity index (χ3n) is 8.69. The molecule has 0 radical (unpaired) electrons. The Labute approximate surface area is 298 Å². The van der Waals surface area contributed by atoms with Gasteiger partial charge in [-0.05, 0) is 105 Å². The first-order valence-corrected chi connectivity index (χ1v) is 17.2. The van der Waals surface area contributed by atoms with Crippen LogP contribution in [0.2, 0.25) is 0 Å². The van der Waals surface area contributed by atoms with Crippen LogP contribution >= 0.6 is 11.8 Å². The average Bonchev–Trinajstić information content (AvgIpc) is 3.10. The van der Waals surface area contributed by atoms with Gasteiger partial charge < -0.3 is 20.1 Å². The van der Waals surface area contributed by atoms with Gasteiger partial charge in [-0.2, -0.15) is 11.8 Å². The van der Waals surface area contributed by atoms with Crippen molar-refractivity contribution in [2.75, 3.05) is 16.9 Å². The number of aliphatic carboxylic acids is 1. The van der Waals surface area contributed by atoms with E-state index >= 15 is 0 Å². The Hall–Kier alpha value is -4.47. The molecule has 6 aromatic rings. The number of aryl methyl sites for hydroxylation is 1. The molecule has 0 bridgehead atoms. The number of carboxylic acid groups (broad SMARTS) is 1. The van der Waals surface area contributed by atoms with Crippen LogP contribution in [0.3, 0.4) is 0 Å². The van der Waals surface area contributed by atoms with E-state index in [1.807, 2.05) is 55.6 Å². The maximum Gasteiger partial charge on any atom is 1.00 e. The van der Waals surface area contributed by atoms with Crippen LogP contribution in [0.5, 0.6) is 0 Å². The van der Waals surface area contributed by atoms with Crippen LogP contribution in [0.25, 0.3) is 32.7 Å². The molecular weight excluding hydrogens is 607 g/mol. The summed E-state index contributed by atoms with van der Waals surface area (Å²) in [6.45, 7) is 3.29. The predicted octanol–water partition coefficient (Wildman–Crippen LogP) is 4.78. The number of nitrogens with zero attached hydrogens (tertiary/aromatic N) is 1. The van der Waals surface area contributed by atoms with Gasteiger partial charge in [0, 0.05) is 24.3 Å². The molecule has 48 heavy (non-hydrogen) atoms. The monoisotopic (exact) mass is 644 g/mol. The number of fused-ring (bicyclic) bond motifs is 2. The first-order valence-electron chi connectivity index (χ1n) is 15.8. The smallest absolute Gasteiger partial charge is 0.548 e. The number of para-hydroxylation sites is 1. The zero-order valence-electron chi connectivity index (χ0n) is 27.6. The van der Waals surface area contributed by atoms with Gasteiger partial charge in [0.25, 0.3) is 5.91 Å². The number of nitrogens with one attached hydrogen (secondary N) is 1. The summed E-state index contributed by atoms with van der Waals surface area (Å²) in [7, 11) is 0. The molecule has 1 amide bonds. The quantitative estimate of drug-likeness (QED) is 0.153. The van der Waals surface area contributed by atoms with E-state index in [1.54, 1.807) is 0 Å². The standard InChI is InChI=1S/C41H38N2O3S.Li/c1-28-12-6-9-17-33(28)37-24-29(20-21-36(37)40(44)42-39(41(45)46)22-23-47-2)26-43(32-15-4-3-5-16-32)27-38-34-18-10-7-13-30(34)25-31-14-8-11-19-35(31)38;/h3-21,24-25,39H,22-23,26-27H2,1-2H3,(H,42,44)(H,45,46);/q;+1/p-1. The number of amides is 1. The van der Waals surface area contributed by atoms with Gasteiger partial charge in [0.1, 0.15) is 0 Å². The minimum atomic E-state index is -1.28. The fourth-order valence-electron chi connectivity index (χ4n) is 6.27. The number of thioether (sulfide) groups is 1. The van der Waals surface area contributed by atoms with Crippen LogP contribution in [-0.4, -0.2) is 29.9 Å². The second-order valence-corrected chi connectivity index (χ2v) is 12.8. The van der Waals surface area contributed by atoms with Crippen LogP contribution < -0.4 is 34.2 Å². The van der Waals surface area contributed by atoms with E-state index in [4.69, 9.17) is 0 Å². The van der Waals surface area contributed by atoms with Gasteiger partial charge in [0.05, 0.1) is 12.0 Å². The largest absolute Gasteiger partial charge is 1.00 e. The first-order chi connectivity index (χ1) is 22.9. The summed E-state index contributed by atoms with van der Waals surface area (Å²) in [5, 5.41) is 19.5. The first kappa shape index (κ1) is 34.9. The van der Waals surface area contributed by atoms with E-state index in [0.29, 0.717) is 30.8 Å². The summed E-state index contributed by atoms with van der Waals surface area (Å²) in [6.07, 6.45) is 2.20. The molecule has 0 saturated carbocycles. The zero-order valence-corrected chi connectivity index (χ0v) is 28.4. The molecular formula is C41H37LiN2O3S. The Kier molecular flexibility index (Phi) is 11.7. The molecule has 7 heteroatoms. The van der Waals surface area contributed by atoms with Crippen molar-refractivity contribution in [3.63, 3.8) is 0 Å². The fraction of sp³-hybridized carbons (Fsp3) is 0.171. The van der Waals surface area contributed by atoms with Gasteiger partial charge in [0.2, 0.25) is 0 Å². The molecule has 5 nitrogen and oxygen atoms in total. The Morgan fingerprint density at radius 1 is 0.750 bits per heavy atom. The number of carboxylic acids is 1. The summed E-state index contributed by atoms with van der Waals surface area (Å²) < 4.78 is 0. The van der Waals surface area contributed by atoms with E-state index < -0.39 is 17.9 Å². The van der Waals surface area contributed by atoms with Crippen LogP contribution in [0, 0.1) is 6.92 Å². The normalized spacial score (nSPS) is 11.5. The summed E-state index contributed by atoms with van der Waals surface area (Å²) in [5.41, 5.74) is 6.55. The molecule has 0 aliphatic rings. The van der Waals surface area contributed by atoms with E-state index in [-0.39, 0.29) is 18.9 Å². The predicted molar refractivity (Wildman–Crippen MR) is 194 cm³/mol. The second kappa shape index (κ2) is 16.1. The number of hydrogen-bond donors (Lipinski definition) is 1. The average molecular weight is 645 g/mol. The van der Waals surface area contributed by atoms with E-state index in [2.05, 4.69) is 95.1 Å². The van der Waals surface area contributed by atoms with Gasteiger partial charge >= 0.3 is 18.9 Å². The van der Waals surface area contributed by atoms with Gasteiger partial charge in [-0.1, -0.05) is 97.1 Å². The Morgan fingerprint density at radius 2 is 1.38 bits per heavy atom. The molecule has 0 aliphatic carbocycles. The molecule has 1 unspecified atom stereocenters. The molecule has 6 aromatic carbocycles. The Bertz CT molecular complexity index is 2000. The molecule has 0 saturated heterocycles. The molecule has 1 N–H and O–H groups in total. The molecule has 1 atom stereocenters. The van der Waals surface area contributed by atoms with E-state index in [0.717, 1.165) is 27.9 Å². The van der Waals surface area contributed by atoms with Crippen molar-refractivity contribution < 1.29 is 33.6 Å². The van der Waals surface area contributed by atoms with Gasteiger partial charge in [-0.3, -0.25) is 4.79 Å². The molecule has 0 heterocycles. The molecule has 0 spiro atoms. The van der Waals surface area contributed by atoms with Gasteiger partial charge in [0.15, 0.2) is 0 Å². The number of carbonyl (C=O) groups excluding carboxylic acids is 2. The van der Waals surface area contributed by atoms with Crippen molar-refractivity contribution in [3.8, 4) is 11.1 Å². The van der Waals surface area contributed by atoms with Crippen LogP contribution in [-0.2, 0) is 17.9 Å². The molecule has 0 aromatic heterocycles. The van der Waals surface area contributed by atoms with Crippen molar-refractivity contribution in [1.29, 1.82) is 0 Å². The van der Waals surface area contributed by atoms with Crippen LogP contribution in [0.1, 0.15) is 33.5 Å². The number of rotatable bonds is 12. The number of hydrogen-bond acceptors (Lipinski definition) is 5. The fourth-order valence-corrected chi connectivity index (χ4v) is 6.74. The number of anilines is 1. The molecule has 0 aliphatic heterocycles. The van der Waals surface area contributed by atoms with Crippen molar-refractivity contribution in [1.82, 2.24) is 5.32 Å². The zero-order chi connectivity index (χ0) is 32.8. The summed E-state index contributed by atoms with van der Waals surface area (Å²) in [5.74, 6) is -1.10. The third kappa shape index (κ3) is 7.80. The maximum atomic E-state index is 13.7. The van der Waals surface area contributed by atoms with Crippen LogP contribution in [0.15, 0.2) is 127 Å². The molecule has 0 fully saturated rings. The maximum absolute atomic E-state index is 13.7. The SMILES string of the molecule is CSCCC(NC(=O)c1ccc(CN(Cc2c3ccccc3cc3ccccc23)c2ccccc2)cc1-c1ccccc1C)C(=O)[O-].[Li+]. The molecule has 236 valence electrons. The second-order valence-electron chi connectivity index (χ2n) is 11.8.